The molecule has 0 atom stereocenters. The van der Waals surface area contributed by atoms with E-state index >= 15 is 0 Å². The number of benzene rings is 1. The van der Waals surface area contributed by atoms with E-state index in [2.05, 4.69) is 13.5 Å². The lowest BCUT2D eigenvalue weighted by atomic mass is 10.3. The normalized spacial score (nSPS) is 11.9. The molecule has 0 saturated carbocycles. The van der Waals surface area contributed by atoms with Gasteiger partial charge in [-0.1, -0.05) is 23.2 Å². The Morgan fingerprint density at radius 1 is 1.29 bits per heavy atom. The van der Waals surface area contributed by atoms with Crippen molar-refractivity contribution in [1.29, 1.82) is 0 Å². The average Bonchev–Trinajstić information content (AvgIpc) is 2.73. The predicted molar refractivity (Wildman–Crippen MR) is 70.5 cm³/mol. The van der Waals surface area contributed by atoms with Gasteiger partial charge in [-0.2, -0.15) is 8.75 Å². The van der Waals surface area contributed by atoms with Gasteiger partial charge in [0.15, 0.2) is 0 Å². The summed E-state index contributed by atoms with van der Waals surface area (Å²) >= 11 is 12.8. The lowest BCUT2D eigenvalue weighted by Crippen LogP contribution is -2.15. The van der Waals surface area contributed by atoms with E-state index in [-0.39, 0.29) is 16.5 Å². The van der Waals surface area contributed by atoms with Crippen molar-refractivity contribution in [3.63, 3.8) is 0 Å². The van der Waals surface area contributed by atoms with E-state index in [4.69, 9.17) is 23.2 Å². The van der Waals surface area contributed by atoms with E-state index < -0.39 is 10.0 Å². The van der Waals surface area contributed by atoms with Gasteiger partial charge in [0.2, 0.25) is 10.0 Å². The smallest absolute Gasteiger partial charge is 0.232 e. The van der Waals surface area contributed by atoms with Crippen LogP contribution in [0.5, 0.6) is 0 Å². The van der Waals surface area contributed by atoms with Gasteiger partial charge in [0, 0.05) is 0 Å². The summed E-state index contributed by atoms with van der Waals surface area (Å²) in [6.07, 6.45) is 0. The molecule has 0 aliphatic carbocycles. The van der Waals surface area contributed by atoms with Crippen molar-refractivity contribution < 1.29 is 8.42 Å². The first kappa shape index (κ1) is 12.8. The number of nitrogens with one attached hydrogen (secondary N) is 1. The van der Waals surface area contributed by atoms with Crippen LogP contribution in [0.4, 0.5) is 5.69 Å². The van der Waals surface area contributed by atoms with Crippen LogP contribution in [0.2, 0.25) is 10.0 Å². The number of rotatable bonds is 3. The fourth-order valence-corrected chi connectivity index (χ4v) is 3.08. The third kappa shape index (κ3) is 2.47. The summed E-state index contributed by atoms with van der Waals surface area (Å²) in [5.74, 6) is -0.0506. The third-order valence-corrected chi connectivity index (χ3v) is 4.47. The Kier molecular flexibility index (Phi) is 3.44. The summed E-state index contributed by atoms with van der Waals surface area (Å²) in [4.78, 5) is 0. The fraction of sp³-hybridized carbons (Fsp3) is 0.250. The van der Waals surface area contributed by atoms with E-state index in [0.29, 0.717) is 16.1 Å². The number of hydrogen-bond donors (Lipinski definition) is 1. The molecule has 1 N–H and O–H groups in total. The Balaban J connectivity index is 2.65. The number of halogens is 2. The molecular formula is C8H7Cl2N3O2S2. The second kappa shape index (κ2) is 4.56. The lowest BCUT2D eigenvalue weighted by molar-refractivity contribution is 0.602. The molecule has 0 radical (unpaired) electrons. The van der Waals surface area contributed by atoms with E-state index in [1.165, 1.54) is 13.0 Å². The number of aromatic nitrogens is 2. The van der Waals surface area contributed by atoms with Crippen molar-refractivity contribution in [3.05, 3.63) is 16.1 Å². The van der Waals surface area contributed by atoms with Gasteiger partial charge in [0.25, 0.3) is 0 Å². The van der Waals surface area contributed by atoms with Crippen molar-refractivity contribution in [3.8, 4) is 0 Å². The molecule has 9 heteroatoms. The topological polar surface area (TPSA) is 72.0 Å². The van der Waals surface area contributed by atoms with Gasteiger partial charge in [-0.05, 0) is 13.0 Å². The van der Waals surface area contributed by atoms with Crippen molar-refractivity contribution in [1.82, 2.24) is 8.75 Å². The van der Waals surface area contributed by atoms with Gasteiger partial charge in [-0.25, -0.2) is 8.42 Å². The SMILES string of the molecule is CCS(=O)(=O)Nc1c(Cl)cc(Cl)c2nsnc12. The van der Waals surface area contributed by atoms with Gasteiger partial charge in [0.1, 0.15) is 11.0 Å². The molecule has 2 aromatic rings. The van der Waals surface area contributed by atoms with Crippen molar-refractivity contribution in [2.75, 3.05) is 10.5 Å². The van der Waals surface area contributed by atoms with Gasteiger partial charge >= 0.3 is 0 Å². The Labute approximate surface area is 112 Å². The van der Waals surface area contributed by atoms with Crippen molar-refractivity contribution >= 4 is 61.7 Å². The molecule has 5 nitrogen and oxygen atoms in total. The number of sulfonamides is 1. The van der Waals surface area contributed by atoms with Crippen LogP contribution in [-0.4, -0.2) is 22.9 Å². The lowest BCUT2D eigenvalue weighted by Gasteiger charge is -2.08. The van der Waals surface area contributed by atoms with E-state index in [1.807, 2.05) is 0 Å². The molecule has 1 heterocycles. The molecule has 0 unspecified atom stereocenters. The van der Waals surface area contributed by atoms with Gasteiger partial charge in [-0.15, -0.1) is 0 Å². The minimum Gasteiger partial charge on any atom is -0.280 e. The summed E-state index contributed by atoms with van der Waals surface area (Å²) in [7, 11) is -3.42. The van der Waals surface area contributed by atoms with E-state index in [1.54, 1.807) is 0 Å². The molecule has 1 aromatic carbocycles. The Bertz CT molecular complexity index is 669. The van der Waals surface area contributed by atoms with Gasteiger partial charge in [-0.3, -0.25) is 4.72 Å². The molecule has 0 amide bonds. The fourth-order valence-electron chi connectivity index (χ4n) is 1.20. The van der Waals surface area contributed by atoms with Crippen LogP contribution in [0.15, 0.2) is 6.07 Å². The number of fused-ring (bicyclic) bond motifs is 1. The molecule has 0 fully saturated rings. The second-order valence-electron chi connectivity index (χ2n) is 3.18. The summed E-state index contributed by atoms with van der Waals surface area (Å²) in [6, 6.07) is 1.44. The predicted octanol–water partition coefficient (Wildman–Crippen LogP) is 2.76. The molecule has 0 aliphatic rings. The van der Waals surface area contributed by atoms with Crippen LogP contribution >= 0.6 is 34.9 Å². The number of hydrogen-bond acceptors (Lipinski definition) is 5. The first-order valence-corrected chi connectivity index (χ1v) is 7.69. The first-order valence-electron chi connectivity index (χ1n) is 4.55. The Hall–Kier alpha value is -0.630. The van der Waals surface area contributed by atoms with Crippen LogP contribution in [0, 0.1) is 0 Å². The highest BCUT2D eigenvalue weighted by Crippen LogP contribution is 2.35. The van der Waals surface area contributed by atoms with Crippen LogP contribution in [0.3, 0.4) is 0 Å². The largest absolute Gasteiger partial charge is 0.280 e. The molecule has 92 valence electrons. The number of nitrogens with zero attached hydrogens (tertiary/aromatic N) is 2. The van der Waals surface area contributed by atoms with Crippen LogP contribution in [0.25, 0.3) is 11.0 Å². The maximum absolute atomic E-state index is 11.5. The zero-order valence-corrected chi connectivity index (χ0v) is 11.7. The highest BCUT2D eigenvalue weighted by atomic mass is 35.5. The first-order chi connectivity index (χ1) is 7.94. The molecule has 1 aromatic heterocycles. The standard InChI is InChI=1S/C8H7Cl2N3O2S2/c1-2-17(14,15)13-7-5(10)3-4(9)6-8(7)12-16-11-6/h3,13H,2H2,1H3. The van der Waals surface area contributed by atoms with E-state index in [9.17, 15) is 8.42 Å². The van der Waals surface area contributed by atoms with Crippen molar-refractivity contribution in [2.45, 2.75) is 6.92 Å². The van der Waals surface area contributed by atoms with Crippen LogP contribution in [-0.2, 0) is 10.0 Å². The van der Waals surface area contributed by atoms with E-state index in [0.717, 1.165) is 11.7 Å². The summed E-state index contributed by atoms with van der Waals surface area (Å²) < 4.78 is 33.4. The highest BCUT2D eigenvalue weighted by Gasteiger charge is 2.17. The van der Waals surface area contributed by atoms with Crippen LogP contribution < -0.4 is 4.72 Å². The van der Waals surface area contributed by atoms with Crippen molar-refractivity contribution in [2.24, 2.45) is 0 Å². The maximum Gasteiger partial charge on any atom is 0.232 e. The molecule has 0 aliphatic heterocycles. The molecule has 17 heavy (non-hydrogen) atoms. The molecule has 0 bridgehead atoms. The molecule has 2 rings (SSSR count). The average molecular weight is 312 g/mol. The molecule has 0 spiro atoms. The molecular weight excluding hydrogens is 305 g/mol. The Morgan fingerprint density at radius 3 is 2.59 bits per heavy atom. The Morgan fingerprint density at radius 2 is 1.94 bits per heavy atom. The quantitative estimate of drug-likeness (QED) is 0.946. The van der Waals surface area contributed by atoms with Crippen LogP contribution in [0.1, 0.15) is 6.92 Å². The monoisotopic (exact) mass is 311 g/mol. The van der Waals surface area contributed by atoms with Gasteiger partial charge < -0.3 is 0 Å². The number of anilines is 1. The summed E-state index contributed by atoms with van der Waals surface area (Å²) in [5, 5.41) is 0.547. The second-order valence-corrected chi connectivity index (χ2v) is 6.54. The minimum absolute atomic E-state index is 0.0506. The zero-order valence-electron chi connectivity index (χ0n) is 8.57. The zero-order chi connectivity index (χ0) is 12.6. The molecule has 0 saturated heterocycles. The minimum atomic E-state index is -3.42. The maximum atomic E-state index is 11.5. The highest BCUT2D eigenvalue weighted by molar-refractivity contribution is 7.92. The summed E-state index contributed by atoms with van der Waals surface area (Å²) in [5.41, 5.74) is 1.03. The summed E-state index contributed by atoms with van der Waals surface area (Å²) in [6.45, 7) is 1.53. The third-order valence-electron chi connectivity index (χ3n) is 2.08. The van der Waals surface area contributed by atoms with Gasteiger partial charge in [0.05, 0.1) is 33.2 Å².